The summed E-state index contributed by atoms with van der Waals surface area (Å²) in [6.45, 7) is 1.77. The molecule has 3 aromatic rings. The number of rotatable bonds is 3. The molecule has 0 radical (unpaired) electrons. The van der Waals surface area contributed by atoms with Gasteiger partial charge in [-0.25, -0.2) is 9.37 Å². The van der Waals surface area contributed by atoms with Gasteiger partial charge in [-0.1, -0.05) is 6.07 Å². The Morgan fingerprint density at radius 1 is 1.00 bits per heavy atom. The van der Waals surface area contributed by atoms with E-state index in [0.717, 1.165) is 17.7 Å². The maximum Gasteiger partial charge on any atom is 0.211 e. The average molecular weight is 323 g/mol. The highest BCUT2D eigenvalue weighted by molar-refractivity contribution is 6.08. The number of carbonyl (C=O) groups excluding carboxylic acids is 1. The number of carbonyl (C=O) groups is 1. The zero-order valence-electron chi connectivity index (χ0n) is 12.8. The molecule has 0 unspecified atom stereocenters. The molecule has 120 valence electrons. The number of aryl methyl sites for hydroxylation is 1. The van der Waals surface area contributed by atoms with E-state index in [9.17, 15) is 19.4 Å². The standard InChI is InChI=1S/C19H14FNO3/c1-11-9-12(6-8-17(11)22)15-3-2-4-16(21-15)19(24)13-5-7-14(20)18(23)10-13/h2-10,22-23H,1H3. The molecule has 0 fully saturated rings. The molecule has 0 spiro atoms. The van der Waals surface area contributed by atoms with Gasteiger partial charge in [-0.3, -0.25) is 4.79 Å². The fourth-order valence-electron chi connectivity index (χ4n) is 2.34. The van der Waals surface area contributed by atoms with Crippen molar-refractivity contribution in [1.29, 1.82) is 0 Å². The third-order valence-corrected chi connectivity index (χ3v) is 3.68. The lowest BCUT2D eigenvalue weighted by Gasteiger charge is -2.07. The Labute approximate surface area is 137 Å². The zero-order valence-corrected chi connectivity index (χ0v) is 12.8. The molecule has 0 amide bonds. The van der Waals surface area contributed by atoms with Gasteiger partial charge in [0.15, 0.2) is 11.6 Å². The monoisotopic (exact) mass is 323 g/mol. The van der Waals surface area contributed by atoms with E-state index in [2.05, 4.69) is 4.98 Å². The smallest absolute Gasteiger partial charge is 0.211 e. The first kappa shape index (κ1) is 15.7. The van der Waals surface area contributed by atoms with E-state index in [-0.39, 0.29) is 17.0 Å². The van der Waals surface area contributed by atoms with Gasteiger partial charge in [0.25, 0.3) is 0 Å². The van der Waals surface area contributed by atoms with Crippen molar-refractivity contribution in [2.45, 2.75) is 6.92 Å². The van der Waals surface area contributed by atoms with E-state index in [1.54, 1.807) is 43.3 Å². The Morgan fingerprint density at radius 2 is 1.79 bits per heavy atom. The molecular weight excluding hydrogens is 309 g/mol. The van der Waals surface area contributed by atoms with Crippen LogP contribution in [-0.4, -0.2) is 21.0 Å². The summed E-state index contributed by atoms with van der Waals surface area (Å²) in [5.41, 5.74) is 2.39. The average Bonchev–Trinajstić information content (AvgIpc) is 2.59. The Kier molecular flexibility index (Phi) is 4.00. The van der Waals surface area contributed by atoms with Gasteiger partial charge in [-0.05, 0) is 61.0 Å². The predicted molar refractivity (Wildman–Crippen MR) is 87.6 cm³/mol. The van der Waals surface area contributed by atoms with E-state index in [0.29, 0.717) is 11.3 Å². The SMILES string of the molecule is Cc1cc(-c2cccc(C(=O)c3ccc(F)c(O)c3)n2)ccc1O. The Hall–Kier alpha value is -3.21. The lowest BCUT2D eigenvalue weighted by molar-refractivity contribution is 0.103. The maximum absolute atomic E-state index is 13.1. The lowest BCUT2D eigenvalue weighted by Crippen LogP contribution is -2.05. The minimum atomic E-state index is -0.784. The first-order chi connectivity index (χ1) is 11.5. The number of hydrogen-bond donors (Lipinski definition) is 2. The van der Waals surface area contributed by atoms with Crippen LogP contribution in [0.5, 0.6) is 11.5 Å². The summed E-state index contributed by atoms with van der Waals surface area (Å²) in [5, 5.41) is 19.0. The third kappa shape index (κ3) is 2.96. The number of aromatic hydroxyl groups is 2. The molecule has 4 nitrogen and oxygen atoms in total. The number of phenols is 2. The van der Waals surface area contributed by atoms with Crippen molar-refractivity contribution in [2.24, 2.45) is 0 Å². The molecule has 2 aromatic carbocycles. The van der Waals surface area contributed by atoms with Gasteiger partial charge in [0, 0.05) is 11.1 Å². The first-order valence-corrected chi connectivity index (χ1v) is 7.26. The number of benzene rings is 2. The van der Waals surface area contributed by atoms with Gasteiger partial charge in [0.05, 0.1) is 5.69 Å². The molecule has 0 aliphatic rings. The van der Waals surface area contributed by atoms with Crippen molar-refractivity contribution in [1.82, 2.24) is 4.98 Å². The molecule has 2 N–H and O–H groups in total. The Balaban J connectivity index is 1.99. The number of hydrogen-bond acceptors (Lipinski definition) is 4. The third-order valence-electron chi connectivity index (χ3n) is 3.68. The quantitative estimate of drug-likeness (QED) is 0.719. The molecule has 0 aliphatic carbocycles. The highest BCUT2D eigenvalue weighted by Crippen LogP contribution is 2.25. The molecule has 0 aliphatic heterocycles. The predicted octanol–water partition coefficient (Wildman–Crippen LogP) is 3.84. The molecular formula is C19H14FNO3. The van der Waals surface area contributed by atoms with Gasteiger partial charge >= 0.3 is 0 Å². The number of phenolic OH excluding ortho intramolecular Hbond substituents is 2. The van der Waals surface area contributed by atoms with Crippen LogP contribution in [0.3, 0.4) is 0 Å². The van der Waals surface area contributed by atoms with Crippen molar-refractivity contribution in [3.05, 3.63) is 77.2 Å². The summed E-state index contributed by atoms with van der Waals surface area (Å²) in [4.78, 5) is 16.8. The minimum Gasteiger partial charge on any atom is -0.508 e. The van der Waals surface area contributed by atoms with Gasteiger partial charge in [-0.15, -0.1) is 0 Å². The van der Waals surface area contributed by atoms with E-state index >= 15 is 0 Å². The van der Waals surface area contributed by atoms with Crippen LogP contribution in [0, 0.1) is 12.7 Å². The summed E-state index contributed by atoms with van der Waals surface area (Å²) in [6, 6.07) is 13.5. The number of aromatic nitrogens is 1. The fraction of sp³-hybridized carbons (Fsp3) is 0.0526. The molecule has 3 rings (SSSR count). The van der Waals surface area contributed by atoms with E-state index in [4.69, 9.17) is 0 Å². The van der Waals surface area contributed by atoms with Crippen LogP contribution in [0.15, 0.2) is 54.6 Å². The molecule has 0 saturated carbocycles. The van der Waals surface area contributed by atoms with Crippen LogP contribution in [0.2, 0.25) is 0 Å². The van der Waals surface area contributed by atoms with Crippen LogP contribution < -0.4 is 0 Å². The normalized spacial score (nSPS) is 10.6. The second-order valence-electron chi connectivity index (χ2n) is 5.40. The van der Waals surface area contributed by atoms with Crippen molar-refractivity contribution in [3.63, 3.8) is 0 Å². The van der Waals surface area contributed by atoms with Crippen LogP contribution >= 0.6 is 0 Å². The highest BCUT2D eigenvalue weighted by Gasteiger charge is 2.14. The van der Waals surface area contributed by atoms with E-state index < -0.39 is 17.3 Å². The second kappa shape index (κ2) is 6.12. The summed E-state index contributed by atoms with van der Waals surface area (Å²) < 4.78 is 13.1. The van der Waals surface area contributed by atoms with E-state index in [1.807, 2.05) is 0 Å². The number of halogens is 1. The number of nitrogens with zero attached hydrogens (tertiary/aromatic N) is 1. The van der Waals surface area contributed by atoms with Crippen LogP contribution in [-0.2, 0) is 0 Å². The summed E-state index contributed by atoms with van der Waals surface area (Å²) in [6.07, 6.45) is 0. The number of pyridine rings is 1. The molecule has 24 heavy (non-hydrogen) atoms. The minimum absolute atomic E-state index is 0.153. The Morgan fingerprint density at radius 3 is 2.50 bits per heavy atom. The van der Waals surface area contributed by atoms with Gasteiger partial charge in [-0.2, -0.15) is 0 Å². The molecule has 5 heteroatoms. The van der Waals surface area contributed by atoms with E-state index in [1.165, 1.54) is 6.07 Å². The molecule has 0 saturated heterocycles. The van der Waals surface area contributed by atoms with Gasteiger partial charge < -0.3 is 10.2 Å². The van der Waals surface area contributed by atoms with Crippen molar-refractivity contribution in [2.75, 3.05) is 0 Å². The maximum atomic E-state index is 13.1. The lowest BCUT2D eigenvalue weighted by atomic mass is 10.0. The van der Waals surface area contributed by atoms with Gasteiger partial charge in [0.2, 0.25) is 5.78 Å². The second-order valence-corrected chi connectivity index (χ2v) is 5.40. The summed E-state index contributed by atoms with van der Waals surface area (Å²) >= 11 is 0. The van der Waals surface area contributed by atoms with Crippen LogP contribution in [0.1, 0.15) is 21.6 Å². The van der Waals surface area contributed by atoms with Crippen LogP contribution in [0.25, 0.3) is 11.3 Å². The fourth-order valence-corrected chi connectivity index (χ4v) is 2.34. The van der Waals surface area contributed by atoms with Gasteiger partial charge in [0.1, 0.15) is 11.4 Å². The van der Waals surface area contributed by atoms with Crippen molar-refractivity contribution < 1.29 is 19.4 Å². The largest absolute Gasteiger partial charge is 0.508 e. The summed E-state index contributed by atoms with van der Waals surface area (Å²) in [7, 11) is 0. The molecule has 0 bridgehead atoms. The topological polar surface area (TPSA) is 70.4 Å². The summed E-state index contributed by atoms with van der Waals surface area (Å²) in [5.74, 6) is -1.59. The molecule has 1 heterocycles. The van der Waals surface area contributed by atoms with Crippen LogP contribution in [0.4, 0.5) is 4.39 Å². The highest BCUT2D eigenvalue weighted by atomic mass is 19.1. The molecule has 1 aromatic heterocycles. The number of ketones is 1. The Bertz CT molecular complexity index is 938. The first-order valence-electron chi connectivity index (χ1n) is 7.26. The molecule has 0 atom stereocenters. The zero-order chi connectivity index (χ0) is 17.3. The van der Waals surface area contributed by atoms with Crippen molar-refractivity contribution in [3.8, 4) is 22.8 Å². The van der Waals surface area contributed by atoms with Crippen molar-refractivity contribution >= 4 is 5.78 Å².